The van der Waals surface area contributed by atoms with E-state index in [0.717, 1.165) is 6.42 Å². The summed E-state index contributed by atoms with van der Waals surface area (Å²) in [4.78, 5) is 0. The second-order valence-corrected chi connectivity index (χ2v) is 4.18. The summed E-state index contributed by atoms with van der Waals surface area (Å²) < 4.78 is 18.1. The molecule has 0 saturated carbocycles. The molecule has 1 rings (SSSR count). The Bertz CT molecular complexity index is 296. The van der Waals surface area contributed by atoms with E-state index in [2.05, 4.69) is 13.8 Å². The highest BCUT2D eigenvalue weighted by atomic mass is 19.1. The molecule has 0 radical (unpaired) electrons. The van der Waals surface area contributed by atoms with Crippen molar-refractivity contribution in [3.05, 3.63) is 29.8 Å². The van der Waals surface area contributed by atoms with E-state index in [4.69, 9.17) is 4.74 Å². The molecule has 0 saturated heterocycles. The molecule has 0 spiro atoms. The third-order valence-corrected chi connectivity index (χ3v) is 2.13. The van der Waals surface area contributed by atoms with Crippen LogP contribution in [-0.4, -0.2) is 6.36 Å². The van der Waals surface area contributed by atoms with Crippen molar-refractivity contribution in [1.29, 1.82) is 0 Å². The van der Waals surface area contributed by atoms with Gasteiger partial charge in [-0.2, -0.15) is 0 Å². The molecule has 2 heteroatoms. The first-order valence-electron chi connectivity index (χ1n) is 5.51. The average Bonchev–Trinajstić information content (AvgIpc) is 2.17. The SMILES string of the molecule is CCC(F)Oc1cccc(CC(C)C)c1. The molecule has 0 aliphatic heterocycles. The smallest absolute Gasteiger partial charge is 0.238 e. The molecule has 0 heterocycles. The molecule has 1 unspecified atom stereocenters. The van der Waals surface area contributed by atoms with Crippen LogP contribution in [0.15, 0.2) is 24.3 Å². The van der Waals surface area contributed by atoms with Crippen LogP contribution in [0.25, 0.3) is 0 Å². The van der Waals surface area contributed by atoms with E-state index in [1.54, 1.807) is 13.0 Å². The van der Waals surface area contributed by atoms with Gasteiger partial charge in [0.25, 0.3) is 0 Å². The van der Waals surface area contributed by atoms with Gasteiger partial charge in [-0.15, -0.1) is 0 Å². The molecule has 1 aromatic carbocycles. The van der Waals surface area contributed by atoms with Gasteiger partial charge in [-0.3, -0.25) is 0 Å². The topological polar surface area (TPSA) is 9.23 Å². The van der Waals surface area contributed by atoms with Crippen molar-refractivity contribution in [3.63, 3.8) is 0 Å². The van der Waals surface area contributed by atoms with Crippen molar-refractivity contribution >= 4 is 0 Å². The summed E-state index contributed by atoms with van der Waals surface area (Å²) in [5.74, 6) is 1.23. The minimum absolute atomic E-state index is 0.383. The summed E-state index contributed by atoms with van der Waals surface area (Å²) in [6.07, 6.45) is 0.189. The maximum atomic E-state index is 13.0. The van der Waals surface area contributed by atoms with E-state index in [1.165, 1.54) is 5.56 Å². The van der Waals surface area contributed by atoms with Gasteiger partial charge in [0.2, 0.25) is 6.36 Å². The van der Waals surface area contributed by atoms with Gasteiger partial charge >= 0.3 is 0 Å². The van der Waals surface area contributed by atoms with Gasteiger partial charge < -0.3 is 4.74 Å². The predicted molar refractivity (Wildman–Crippen MR) is 60.8 cm³/mol. The number of benzene rings is 1. The Balaban J connectivity index is 2.65. The Kier molecular flexibility index (Phi) is 4.60. The summed E-state index contributed by atoms with van der Waals surface area (Å²) in [7, 11) is 0. The van der Waals surface area contributed by atoms with E-state index in [-0.39, 0.29) is 0 Å². The lowest BCUT2D eigenvalue weighted by Crippen LogP contribution is -2.08. The van der Waals surface area contributed by atoms with Crippen LogP contribution in [0.1, 0.15) is 32.8 Å². The van der Waals surface area contributed by atoms with Crippen LogP contribution in [0.5, 0.6) is 5.75 Å². The van der Waals surface area contributed by atoms with Crippen LogP contribution in [-0.2, 0) is 6.42 Å². The zero-order valence-electron chi connectivity index (χ0n) is 9.66. The van der Waals surface area contributed by atoms with Crippen molar-refractivity contribution in [1.82, 2.24) is 0 Å². The fourth-order valence-electron chi connectivity index (χ4n) is 1.45. The minimum Gasteiger partial charge on any atom is -0.460 e. The standard InChI is InChI=1S/C13H19FO/c1-4-13(14)15-12-7-5-6-11(9-12)8-10(2)3/h5-7,9-10,13H,4,8H2,1-3H3. The number of hydrogen-bond donors (Lipinski definition) is 0. The van der Waals surface area contributed by atoms with Gasteiger partial charge in [0.1, 0.15) is 5.75 Å². The predicted octanol–water partition coefficient (Wildman–Crippen LogP) is 3.97. The Morgan fingerprint density at radius 1 is 1.33 bits per heavy atom. The van der Waals surface area contributed by atoms with Gasteiger partial charge in [-0.25, -0.2) is 4.39 Å². The Morgan fingerprint density at radius 3 is 2.67 bits per heavy atom. The quantitative estimate of drug-likeness (QED) is 0.714. The number of rotatable bonds is 5. The summed E-state index contributed by atoms with van der Waals surface area (Å²) in [6, 6.07) is 7.68. The van der Waals surface area contributed by atoms with E-state index >= 15 is 0 Å². The van der Waals surface area contributed by atoms with Crippen LogP contribution in [0.3, 0.4) is 0 Å². The van der Waals surface area contributed by atoms with Gasteiger partial charge in [0.15, 0.2) is 0 Å². The largest absolute Gasteiger partial charge is 0.460 e. The summed E-state index contributed by atoms with van der Waals surface area (Å²) in [5.41, 5.74) is 1.20. The Morgan fingerprint density at radius 2 is 2.07 bits per heavy atom. The third kappa shape index (κ3) is 4.32. The molecular weight excluding hydrogens is 191 g/mol. The highest BCUT2D eigenvalue weighted by molar-refractivity contribution is 5.28. The second kappa shape index (κ2) is 5.74. The van der Waals surface area contributed by atoms with Crippen molar-refractivity contribution in [3.8, 4) is 5.75 Å². The van der Waals surface area contributed by atoms with Crippen LogP contribution >= 0.6 is 0 Å². The lowest BCUT2D eigenvalue weighted by Gasteiger charge is -2.11. The monoisotopic (exact) mass is 210 g/mol. The van der Waals surface area contributed by atoms with Crippen molar-refractivity contribution in [2.45, 2.75) is 40.0 Å². The average molecular weight is 210 g/mol. The number of hydrogen-bond acceptors (Lipinski definition) is 1. The highest BCUT2D eigenvalue weighted by Crippen LogP contribution is 2.18. The van der Waals surface area contributed by atoms with Gasteiger partial charge in [0, 0.05) is 6.42 Å². The molecule has 0 bridgehead atoms. The maximum Gasteiger partial charge on any atom is 0.238 e. The first kappa shape index (κ1) is 12.0. The van der Waals surface area contributed by atoms with Crippen molar-refractivity contribution in [2.75, 3.05) is 0 Å². The van der Waals surface area contributed by atoms with Crippen LogP contribution in [0.4, 0.5) is 4.39 Å². The normalized spacial score (nSPS) is 12.9. The summed E-state index contributed by atoms with van der Waals surface area (Å²) in [6.45, 7) is 6.09. The lowest BCUT2D eigenvalue weighted by atomic mass is 10.0. The van der Waals surface area contributed by atoms with Gasteiger partial charge in [0.05, 0.1) is 0 Å². The van der Waals surface area contributed by atoms with Crippen molar-refractivity contribution in [2.24, 2.45) is 5.92 Å². The number of halogens is 1. The molecule has 0 amide bonds. The lowest BCUT2D eigenvalue weighted by molar-refractivity contribution is 0.0641. The zero-order chi connectivity index (χ0) is 11.3. The first-order chi connectivity index (χ1) is 7.11. The van der Waals surface area contributed by atoms with E-state index in [1.807, 2.05) is 18.2 Å². The van der Waals surface area contributed by atoms with Crippen LogP contribution < -0.4 is 4.74 Å². The Hall–Kier alpha value is -1.05. The molecule has 1 aromatic rings. The van der Waals surface area contributed by atoms with Crippen molar-refractivity contribution < 1.29 is 9.13 Å². The zero-order valence-corrected chi connectivity index (χ0v) is 9.66. The fraction of sp³-hybridized carbons (Fsp3) is 0.538. The molecule has 84 valence electrons. The van der Waals surface area contributed by atoms with Gasteiger partial charge in [-0.05, 0) is 30.0 Å². The molecule has 0 fully saturated rings. The fourth-order valence-corrected chi connectivity index (χ4v) is 1.45. The molecule has 0 N–H and O–H groups in total. The van der Waals surface area contributed by atoms with Crippen LogP contribution in [0.2, 0.25) is 0 Å². The molecule has 1 atom stereocenters. The summed E-state index contributed by atoms with van der Waals surface area (Å²) >= 11 is 0. The molecule has 1 nitrogen and oxygen atoms in total. The van der Waals surface area contributed by atoms with Crippen LogP contribution in [0, 0.1) is 5.92 Å². The second-order valence-electron chi connectivity index (χ2n) is 4.18. The van der Waals surface area contributed by atoms with E-state index in [0.29, 0.717) is 18.1 Å². The Labute approximate surface area is 91.3 Å². The third-order valence-electron chi connectivity index (χ3n) is 2.13. The first-order valence-corrected chi connectivity index (χ1v) is 5.51. The molecule has 0 aliphatic carbocycles. The number of alkyl halides is 1. The molecular formula is C13H19FO. The van der Waals surface area contributed by atoms with E-state index < -0.39 is 6.36 Å². The number of ether oxygens (including phenoxy) is 1. The molecule has 0 aliphatic rings. The molecule has 0 aromatic heterocycles. The summed E-state index contributed by atoms with van der Waals surface area (Å²) in [5, 5.41) is 0. The maximum absolute atomic E-state index is 13.0. The molecule has 15 heavy (non-hydrogen) atoms. The minimum atomic E-state index is -1.20. The highest BCUT2D eigenvalue weighted by Gasteiger charge is 2.05. The van der Waals surface area contributed by atoms with E-state index in [9.17, 15) is 4.39 Å². The van der Waals surface area contributed by atoms with Gasteiger partial charge in [-0.1, -0.05) is 32.9 Å².